The van der Waals surface area contributed by atoms with Crippen molar-refractivity contribution in [1.29, 1.82) is 0 Å². The third-order valence-corrected chi connectivity index (χ3v) is 5.38. The molecule has 0 amide bonds. The third kappa shape index (κ3) is 5.39. The molecule has 1 aromatic heterocycles. The minimum Gasteiger partial charge on any atom is -0.491 e. The quantitative estimate of drug-likeness (QED) is 0.527. The molecule has 2 aromatic carbocycles. The van der Waals surface area contributed by atoms with E-state index in [9.17, 15) is 5.11 Å². The van der Waals surface area contributed by atoms with Crippen LogP contribution in [0.3, 0.4) is 0 Å². The van der Waals surface area contributed by atoms with Crippen molar-refractivity contribution in [2.45, 2.75) is 24.7 Å². The summed E-state index contributed by atoms with van der Waals surface area (Å²) in [7, 11) is 0. The molecule has 142 valence electrons. The lowest BCUT2D eigenvalue weighted by molar-refractivity contribution is 0.126. The highest BCUT2D eigenvalue weighted by molar-refractivity contribution is 7.99. The minimum absolute atomic E-state index is 0.191. The van der Waals surface area contributed by atoms with Gasteiger partial charge < -0.3 is 14.4 Å². The van der Waals surface area contributed by atoms with Crippen LogP contribution in [0.15, 0.2) is 53.7 Å². The molecule has 1 heterocycles. The predicted molar refractivity (Wildman–Crippen MR) is 110 cm³/mol. The Labute approximate surface area is 172 Å². The van der Waals surface area contributed by atoms with E-state index in [1.165, 1.54) is 11.8 Å². The fraction of sp³-hybridized carbons (Fsp3) is 0.263. The minimum atomic E-state index is -0.637. The number of benzene rings is 2. The van der Waals surface area contributed by atoms with Crippen molar-refractivity contribution >= 4 is 35.0 Å². The normalized spacial score (nSPS) is 12.1. The maximum absolute atomic E-state index is 10.2. The Bertz CT molecular complexity index is 887. The second kappa shape index (κ2) is 9.46. The number of thioether (sulfide) groups is 1. The zero-order chi connectivity index (χ0) is 19.2. The number of hydrogen-bond acceptors (Lipinski definition) is 5. The Morgan fingerprint density at radius 1 is 1.11 bits per heavy atom. The van der Waals surface area contributed by atoms with Crippen molar-refractivity contribution < 1.29 is 9.84 Å². The number of aliphatic hydroxyl groups excluding tert-OH is 1. The van der Waals surface area contributed by atoms with Gasteiger partial charge in [0.2, 0.25) is 0 Å². The number of aromatic nitrogens is 3. The van der Waals surface area contributed by atoms with Gasteiger partial charge in [-0.25, -0.2) is 0 Å². The van der Waals surface area contributed by atoms with Crippen LogP contribution in [0.1, 0.15) is 6.92 Å². The van der Waals surface area contributed by atoms with Crippen molar-refractivity contribution in [2.75, 3.05) is 12.4 Å². The first-order chi connectivity index (χ1) is 13.1. The highest BCUT2D eigenvalue weighted by Crippen LogP contribution is 2.26. The van der Waals surface area contributed by atoms with E-state index >= 15 is 0 Å². The molecule has 1 atom stereocenters. The Kier molecular flexibility index (Phi) is 7.01. The summed E-state index contributed by atoms with van der Waals surface area (Å²) in [6, 6.07) is 14.6. The standard InChI is InChI=1S/C19H19Cl2N3O2S/c1-2-24-18(13-4-3-5-15(21)10-13)22-23-19(24)27-12-16(25)11-26-17-8-6-14(20)7-9-17/h3-10,16,25H,2,11-12H2,1H3. The Hall–Kier alpha value is -1.73. The summed E-state index contributed by atoms with van der Waals surface area (Å²) in [6.07, 6.45) is -0.637. The van der Waals surface area contributed by atoms with Gasteiger partial charge in [-0.1, -0.05) is 47.1 Å². The summed E-state index contributed by atoms with van der Waals surface area (Å²) >= 11 is 13.4. The summed E-state index contributed by atoms with van der Waals surface area (Å²) < 4.78 is 7.58. The highest BCUT2D eigenvalue weighted by Gasteiger charge is 2.15. The van der Waals surface area contributed by atoms with Crippen molar-refractivity contribution in [3.8, 4) is 17.1 Å². The zero-order valence-electron chi connectivity index (χ0n) is 14.7. The molecule has 1 N–H and O–H groups in total. The van der Waals surface area contributed by atoms with Crippen LogP contribution in [0.25, 0.3) is 11.4 Å². The molecule has 0 saturated heterocycles. The number of hydrogen-bond donors (Lipinski definition) is 1. The summed E-state index contributed by atoms with van der Waals surface area (Å²) in [5.74, 6) is 1.87. The molecule has 0 aliphatic heterocycles. The molecule has 27 heavy (non-hydrogen) atoms. The number of ether oxygens (including phenoxy) is 1. The van der Waals surface area contributed by atoms with Crippen LogP contribution >= 0.6 is 35.0 Å². The summed E-state index contributed by atoms with van der Waals surface area (Å²) in [4.78, 5) is 0. The molecule has 0 aliphatic rings. The average molecular weight is 424 g/mol. The second-order valence-corrected chi connectivity index (χ2v) is 7.65. The Balaban J connectivity index is 1.59. The van der Waals surface area contributed by atoms with E-state index in [4.69, 9.17) is 27.9 Å². The average Bonchev–Trinajstić information content (AvgIpc) is 3.09. The molecule has 5 nitrogen and oxygen atoms in total. The smallest absolute Gasteiger partial charge is 0.191 e. The summed E-state index contributed by atoms with van der Waals surface area (Å²) in [6.45, 7) is 2.94. The first-order valence-electron chi connectivity index (χ1n) is 8.45. The van der Waals surface area contributed by atoms with E-state index in [0.717, 1.165) is 16.5 Å². The van der Waals surface area contributed by atoms with Gasteiger partial charge >= 0.3 is 0 Å². The van der Waals surface area contributed by atoms with E-state index < -0.39 is 6.10 Å². The van der Waals surface area contributed by atoms with Gasteiger partial charge in [0.05, 0.1) is 6.10 Å². The molecule has 0 aliphatic carbocycles. The monoisotopic (exact) mass is 423 g/mol. The molecule has 0 saturated carbocycles. The number of nitrogens with zero attached hydrogens (tertiary/aromatic N) is 3. The van der Waals surface area contributed by atoms with Crippen molar-refractivity contribution in [1.82, 2.24) is 14.8 Å². The lowest BCUT2D eigenvalue weighted by Gasteiger charge is -2.12. The third-order valence-electron chi connectivity index (χ3n) is 3.78. The van der Waals surface area contributed by atoms with Gasteiger partial charge in [0.25, 0.3) is 0 Å². The Morgan fingerprint density at radius 3 is 2.59 bits per heavy atom. The van der Waals surface area contributed by atoms with Gasteiger partial charge in [-0.05, 0) is 43.3 Å². The lowest BCUT2D eigenvalue weighted by atomic mass is 10.2. The zero-order valence-corrected chi connectivity index (χ0v) is 17.0. The first kappa shape index (κ1) is 20.0. The van der Waals surface area contributed by atoms with Crippen molar-refractivity contribution in [2.24, 2.45) is 0 Å². The van der Waals surface area contributed by atoms with Gasteiger partial charge in [-0.2, -0.15) is 0 Å². The van der Waals surface area contributed by atoms with Crippen LogP contribution < -0.4 is 4.74 Å². The first-order valence-corrected chi connectivity index (χ1v) is 10.2. The van der Waals surface area contributed by atoms with Crippen LogP contribution in [-0.4, -0.2) is 38.3 Å². The number of halogens is 2. The molecular formula is C19H19Cl2N3O2S. The summed E-state index contributed by atoms with van der Waals surface area (Å²) in [5.41, 5.74) is 0.912. The van der Waals surface area contributed by atoms with E-state index in [1.807, 2.05) is 35.8 Å². The molecule has 1 unspecified atom stereocenters. The van der Waals surface area contributed by atoms with Gasteiger partial charge in [-0.15, -0.1) is 10.2 Å². The molecule has 0 radical (unpaired) electrons. The maximum Gasteiger partial charge on any atom is 0.191 e. The second-order valence-electron chi connectivity index (χ2n) is 5.79. The van der Waals surface area contributed by atoms with E-state index in [-0.39, 0.29) is 6.61 Å². The van der Waals surface area contributed by atoms with Crippen LogP contribution in [0, 0.1) is 0 Å². The van der Waals surface area contributed by atoms with Gasteiger partial charge in [0, 0.05) is 27.9 Å². The predicted octanol–water partition coefficient (Wildman–Crippen LogP) is 4.80. The SMILES string of the molecule is CCn1c(SCC(O)COc2ccc(Cl)cc2)nnc1-c1cccc(Cl)c1. The molecule has 3 rings (SSSR count). The van der Waals surface area contributed by atoms with Crippen LogP contribution in [0.2, 0.25) is 10.0 Å². The maximum atomic E-state index is 10.2. The number of rotatable bonds is 8. The number of aliphatic hydroxyl groups is 1. The van der Waals surface area contributed by atoms with E-state index in [2.05, 4.69) is 10.2 Å². The van der Waals surface area contributed by atoms with Gasteiger partial charge in [0.1, 0.15) is 12.4 Å². The van der Waals surface area contributed by atoms with Gasteiger partial charge in [-0.3, -0.25) is 0 Å². The molecule has 0 bridgehead atoms. The topological polar surface area (TPSA) is 60.2 Å². The molecule has 0 spiro atoms. The lowest BCUT2D eigenvalue weighted by Crippen LogP contribution is -2.20. The van der Waals surface area contributed by atoms with E-state index in [1.54, 1.807) is 24.3 Å². The van der Waals surface area contributed by atoms with Crippen molar-refractivity contribution in [3.63, 3.8) is 0 Å². The van der Waals surface area contributed by atoms with Crippen LogP contribution in [0.5, 0.6) is 5.75 Å². The fourth-order valence-corrected chi connectivity index (χ4v) is 3.69. The highest BCUT2D eigenvalue weighted by atomic mass is 35.5. The Morgan fingerprint density at radius 2 is 1.89 bits per heavy atom. The summed E-state index contributed by atoms with van der Waals surface area (Å²) in [5, 5.41) is 20.8. The van der Waals surface area contributed by atoms with E-state index in [0.29, 0.717) is 28.1 Å². The van der Waals surface area contributed by atoms with Crippen molar-refractivity contribution in [3.05, 3.63) is 58.6 Å². The fourth-order valence-electron chi connectivity index (χ4n) is 2.46. The largest absolute Gasteiger partial charge is 0.491 e. The van der Waals surface area contributed by atoms with Gasteiger partial charge in [0.15, 0.2) is 11.0 Å². The molecule has 8 heteroatoms. The van der Waals surface area contributed by atoms with Crippen LogP contribution in [0.4, 0.5) is 0 Å². The molecule has 3 aromatic rings. The molecule has 0 fully saturated rings. The van der Waals surface area contributed by atoms with Crippen LogP contribution in [-0.2, 0) is 6.54 Å². The molecular weight excluding hydrogens is 405 g/mol.